The average molecular weight is 218 g/mol. The van der Waals surface area contributed by atoms with Gasteiger partial charge in [0.25, 0.3) is 27.2 Å². The molecule has 9 heavy (non-hydrogen) atoms. The third-order valence-electron chi connectivity index (χ3n) is 0. The SMILES string of the molecule is [C]=O.[C]=O.[C]=O.[C]=O.[Pd]. The van der Waals surface area contributed by atoms with Crippen LogP contribution in [0.3, 0.4) is 0 Å². The van der Waals surface area contributed by atoms with Gasteiger partial charge in [-0.2, -0.15) is 0 Å². The van der Waals surface area contributed by atoms with Gasteiger partial charge in [-0.3, -0.25) is 19.2 Å². The van der Waals surface area contributed by atoms with Crippen LogP contribution in [0, 0.1) is 0 Å². The van der Waals surface area contributed by atoms with E-state index in [0.29, 0.717) is 0 Å². The zero-order valence-corrected chi connectivity index (χ0v) is 5.50. The first-order chi connectivity index (χ1) is 4.00. The fourth-order valence-electron chi connectivity index (χ4n) is 0. The quantitative estimate of drug-likeness (QED) is 0.460. The Morgan fingerprint density at radius 1 is 0.444 bits per heavy atom. The van der Waals surface area contributed by atoms with E-state index in [4.69, 9.17) is 19.2 Å². The summed E-state index contributed by atoms with van der Waals surface area (Å²) in [6.07, 6.45) is 0. The molecule has 0 aliphatic rings. The molecule has 0 saturated heterocycles. The Kier molecular flexibility index (Phi) is 3050. The van der Waals surface area contributed by atoms with Crippen molar-refractivity contribution in [1.29, 1.82) is 0 Å². The summed E-state index contributed by atoms with van der Waals surface area (Å²) in [5.41, 5.74) is 0. The summed E-state index contributed by atoms with van der Waals surface area (Å²) in [6, 6.07) is 0. The van der Waals surface area contributed by atoms with Crippen LogP contribution in [-0.2, 0) is 39.6 Å². The molecular formula is C4O4Pd. The molecule has 0 spiro atoms. The minimum atomic E-state index is 0. The van der Waals surface area contributed by atoms with Gasteiger partial charge in [0.15, 0.2) is 0 Å². The van der Waals surface area contributed by atoms with Crippen molar-refractivity contribution in [2.45, 2.75) is 0 Å². The van der Waals surface area contributed by atoms with E-state index in [0.717, 1.165) is 0 Å². The second kappa shape index (κ2) is 683. The number of hydrogen-bond donors (Lipinski definition) is 0. The molecule has 50 valence electrons. The van der Waals surface area contributed by atoms with E-state index in [1.165, 1.54) is 0 Å². The van der Waals surface area contributed by atoms with Crippen molar-refractivity contribution in [3.8, 4) is 0 Å². The molecular weight excluding hydrogens is 218 g/mol. The average Bonchev–Trinajstić information content (AvgIpc) is 2.03. The van der Waals surface area contributed by atoms with Crippen LogP contribution in [0.1, 0.15) is 0 Å². The van der Waals surface area contributed by atoms with Gasteiger partial charge in [-0.05, 0) is 0 Å². The minimum absolute atomic E-state index is 0. The first kappa shape index (κ1) is 40.3. The minimum Gasteiger partial charge on any atom is -0.281 e. The van der Waals surface area contributed by atoms with Gasteiger partial charge in [-0.15, -0.1) is 0 Å². The van der Waals surface area contributed by atoms with Gasteiger partial charge in [-0.1, -0.05) is 0 Å². The van der Waals surface area contributed by atoms with Crippen molar-refractivity contribution >= 4 is 27.2 Å². The Labute approximate surface area is 67.3 Å². The van der Waals surface area contributed by atoms with Gasteiger partial charge in [0.05, 0.1) is 0 Å². The van der Waals surface area contributed by atoms with E-state index in [9.17, 15) is 0 Å². The van der Waals surface area contributed by atoms with Crippen LogP contribution >= 0.6 is 0 Å². The summed E-state index contributed by atoms with van der Waals surface area (Å²) in [5.74, 6) is 0. The van der Waals surface area contributed by atoms with Gasteiger partial charge in [0.1, 0.15) is 0 Å². The van der Waals surface area contributed by atoms with E-state index in [-0.39, 0.29) is 20.4 Å². The molecule has 0 atom stereocenters. The molecule has 0 saturated carbocycles. The molecule has 0 aromatic carbocycles. The Hall–Kier alpha value is -0.658. The standard InChI is InChI=1S/4CO.Pd/c4*1-2;. The van der Waals surface area contributed by atoms with Crippen molar-refractivity contribution in [3.05, 3.63) is 0 Å². The predicted molar refractivity (Wildman–Crippen MR) is 22.8 cm³/mol. The van der Waals surface area contributed by atoms with E-state index < -0.39 is 0 Å². The zero-order chi connectivity index (χ0) is 8.00. The van der Waals surface area contributed by atoms with Gasteiger partial charge >= 0.3 is 0 Å². The molecule has 0 aliphatic heterocycles. The van der Waals surface area contributed by atoms with Crippen LogP contribution in [0.25, 0.3) is 0 Å². The van der Waals surface area contributed by atoms with Gasteiger partial charge in [-0.25, -0.2) is 0 Å². The van der Waals surface area contributed by atoms with Crippen molar-refractivity contribution in [1.82, 2.24) is 0 Å². The van der Waals surface area contributed by atoms with E-state index in [1.807, 2.05) is 0 Å². The molecule has 4 nitrogen and oxygen atoms in total. The zero-order valence-electron chi connectivity index (χ0n) is 3.95. The van der Waals surface area contributed by atoms with Gasteiger partial charge in [0.2, 0.25) is 0 Å². The van der Waals surface area contributed by atoms with Crippen molar-refractivity contribution in [2.75, 3.05) is 0 Å². The van der Waals surface area contributed by atoms with Crippen molar-refractivity contribution in [3.63, 3.8) is 0 Å². The number of rotatable bonds is 0. The fraction of sp³-hybridized carbons (Fsp3) is 0. The first-order valence-electron chi connectivity index (χ1n) is 0.816. The molecule has 0 unspecified atom stereocenters. The molecule has 0 N–H and O–H groups in total. The monoisotopic (exact) mass is 218 g/mol. The van der Waals surface area contributed by atoms with E-state index >= 15 is 0 Å². The molecule has 0 bridgehead atoms. The maximum absolute atomic E-state index is 7.50. The normalized spacial score (nSPS) is 1.78. The van der Waals surface area contributed by atoms with Gasteiger partial charge in [0, 0.05) is 20.4 Å². The third-order valence-corrected chi connectivity index (χ3v) is 0. The van der Waals surface area contributed by atoms with Crippen molar-refractivity contribution in [2.24, 2.45) is 0 Å². The second-order valence-corrected chi connectivity index (χ2v) is 0. The maximum atomic E-state index is 7.50. The predicted octanol–water partition coefficient (Wildman–Crippen LogP) is -1.59. The summed E-state index contributed by atoms with van der Waals surface area (Å²) >= 11 is 0. The van der Waals surface area contributed by atoms with Crippen molar-refractivity contribution < 1.29 is 39.6 Å². The largest absolute Gasteiger partial charge is 0.281 e. The third kappa shape index (κ3) is 484. The molecule has 0 amide bonds. The molecule has 8 radical (unpaired) electrons. The Morgan fingerprint density at radius 3 is 0.444 bits per heavy atom. The van der Waals surface area contributed by atoms with Crippen LogP contribution in [0.4, 0.5) is 0 Å². The maximum Gasteiger partial charge on any atom is 0.281 e. The molecule has 0 aliphatic carbocycles. The topological polar surface area (TPSA) is 68.3 Å². The molecule has 0 heterocycles. The Balaban J connectivity index is -0.00000000762. The summed E-state index contributed by atoms with van der Waals surface area (Å²) in [5, 5.41) is 0. The number of carbonyl (C=O) groups excluding carboxylic acids is 4. The van der Waals surface area contributed by atoms with Crippen LogP contribution in [0.2, 0.25) is 0 Å². The molecule has 0 aromatic heterocycles. The summed E-state index contributed by atoms with van der Waals surface area (Å²) in [7, 11) is 0. The first-order valence-corrected chi connectivity index (χ1v) is 0.816. The molecule has 5 heteroatoms. The Morgan fingerprint density at radius 2 is 0.444 bits per heavy atom. The molecule has 0 aromatic rings. The Bertz CT molecular complexity index is 20.5. The van der Waals surface area contributed by atoms with Crippen LogP contribution in [0.15, 0.2) is 0 Å². The fourth-order valence-corrected chi connectivity index (χ4v) is 0. The van der Waals surface area contributed by atoms with Gasteiger partial charge < -0.3 is 0 Å². The van der Waals surface area contributed by atoms with Crippen LogP contribution in [-0.4, -0.2) is 27.2 Å². The summed E-state index contributed by atoms with van der Waals surface area (Å²) in [4.78, 5) is 30.0. The molecule has 0 fully saturated rings. The van der Waals surface area contributed by atoms with E-state index in [1.54, 1.807) is 0 Å². The smallest absolute Gasteiger partial charge is 0.281 e. The number of hydrogen-bond acceptors (Lipinski definition) is 4. The summed E-state index contributed by atoms with van der Waals surface area (Å²) in [6.45, 7) is 18.0. The summed E-state index contributed by atoms with van der Waals surface area (Å²) < 4.78 is 0. The second-order valence-electron chi connectivity index (χ2n) is 0. The van der Waals surface area contributed by atoms with E-state index in [2.05, 4.69) is 27.2 Å². The molecule has 0 rings (SSSR count). The van der Waals surface area contributed by atoms with Crippen LogP contribution < -0.4 is 0 Å². The van der Waals surface area contributed by atoms with Crippen LogP contribution in [0.5, 0.6) is 0 Å².